The van der Waals surface area contributed by atoms with Crippen molar-refractivity contribution in [2.24, 2.45) is 0 Å². The highest BCUT2D eigenvalue weighted by Gasteiger charge is 2.19. The molecule has 0 aliphatic heterocycles. The maximum Gasteiger partial charge on any atom is 0.270 e. The predicted octanol–water partition coefficient (Wildman–Crippen LogP) is 2.10. The van der Waals surface area contributed by atoms with Gasteiger partial charge in [0.1, 0.15) is 11.4 Å². The molecule has 1 heterocycles. The zero-order valence-electron chi connectivity index (χ0n) is 17.2. The summed E-state index contributed by atoms with van der Waals surface area (Å²) in [5, 5.41) is 7.40. The molecule has 0 spiro atoms. The molecular weight excluding hydrogens is 396 g/mol. The number of thiazole rings is 1. The molecule has 0 atom stereocenters. The lowest BCUT2D eigenvalue weighted by molar-refractivity contribution is 0.0944. The minimum absolute atomic E-state index is 0.253. The van der Waals surface area contributed by atoms with E-state index >= 15 is 0 Å². The van der Waals surface area contributed by atoms with Gasteiger partial charge in [0.05, 0.1) is 26.9 Å². The Bertz CT molecular complexity index is 855. The second kappa shape index (κ2) is 10.6. The Balaban J connectivity index is 2.07. The molecule has 2 amide bonds. The van der Waals surface area contributed by atoms with Crippen LogP contribution in [-0.4, -0.2) is 69.7 Å². The van der Waals surface area contributed by atoms with E-state index in [4.69, 9.17) is 14.2 Å². The maximum atomic E-state index is 12.7. The van der Waals surface area contributed by atoms with Crippen LogP contribution in [0.4, 0.5) is 5.13 Å². The van der Waals surface area contributed by atoms with Crippen LogP contribution in [0.2, 0.25) is 0 Å². The molecule has 2 N–H and O–H groups in total. The van der Waals surface area contributed by atoms with Crippen LogP contribution in [0.3, 0.4) is 0 Å². The number of likely N-dealkylation sites (N-methyl/N-ethyl adjacent to an activating group) is 1. The van der Waals surface area contributed by atoms with Crippen LogP contribution >= 0.6 is 11.3 Å². The monoisotopic (exact) mass is 422 g/mol. The SMILES string of the molecule is CCN(C)CCNC(=O)c1csc(NC(=O)c2cc(OC)c(OC)cc2OC)n1. The van der Waals surface area contributed by atoms with Crippen molar-refractivity contribution in [1.29, 1.82) is 0 Å². The summed E-state index contributed by atoms with van der Waals surface area (Å²) in [4.78, 5) is 31.2. The molecule has 0 aliphatic carbocycles. The Morgan fingerprint density at radius 2 is 1.72 bits per heavy atom. The summed E-state index contributed by atoms with van der Waals surface area (Å²) in [5.74, 6) is 0.455. The van der Waals surface area contributed by atoms with Gasteiger partial charge in [-0.25, -0.2) is 4.98 Å². The van der Waals surface area contributed by atoms with Crippen LogP contribution in [-0.2, 0) is 0 Å². The third-order valence-electron chi connectivity index (χ3n) is 4.23. The van der Waals surface area contributed by atoms with Crippen molar-refractivity contribution in [2.45, 2.75) is 6.92 Å². The third-order valence-corrected chi connectivity index (χ3v) is 4.98. The summed E-state index contributed by atoms with van der Waals surface area (Å²) in [6.45, 7) is 4.22. The number of carbonyl (C=O) groups excluding carboxylic acids is 2. The lowest BCUT2D eigenvalue weighted by Gasteiger charge is -2.13. The van der Waals surface area contributed by atoms with Crippen LogP contribution in [0.1, 0.15) is 27.8 Å². The van der Waals surface area contributed by atoms with E-state index in [1.165, 1.54) is 38.7 Å². The van der Waals surface area contributed by atoms with E-state index in [2.05, 4.69) is 20.5 Å². The molecule has 0 aliphatic rings. The molecule has 1 aromatic heterocycles. The van der Waals surface area contributed by atoms with E-state index in [1.807, 2.05) is 14.0 Å². The average molecular weight is 423 g/mol. The smallest absolute Gasteiger partial charge is 0.270 e. The Kier molecular flexibility index (Phi) is 8.22. The number of methoxy groups -OCH3 is 3. The highest BCUT2D eigenvalue weighted by Crippen LogP contribution is 2.35. The maximum absolute atomic E-state index is 12.7. The Hall–Kier alpha value is -2.85. The molecule has 1 aromatic carbocycles. The van der Waals surface area contributed by atoms with Crippen molar-refractivity contribution in [3.63, 3.8) is 0 Å². The fourth-order valence-electron chi connectivity index (χ4n) is 2.42. The first-order chi connectivity index (χ1) is 13.9. The first-order valence-corrected chi connectivity index (χ1v) is 9.85. The highest BCUT2D eigenvalue weighted by atomic mass is 32.1. The molecule has 0 radical (unpaired) electrons. The van der Waals surface area contributed by atoms with Crippen LogP contribution < -0.4 is 24.8 Å². The van der Waals surface area contributed by atoms with E-state index in [1.54, 1.807) is 11.4 Å². The second-order valence-corrected chi connectivity index (χ2v) is 6.91. The van der Waals surface area contributed by atoms with Crippen molar-refractivity contribution in [3.8, 4) is 17.2 Å². The number of anilines is 1. The minimum atomic E-state index is -0.436. The summed E-state index contributed by atoms with van der Waals surface area (Å²) >= 11 is 1.17. The van der Waals surface area contributed by atoms with Gasteiger partial charge in [0.2, 0.25) is 0 Å². The van der Waals surface area contributed by atoms with Crippen LogP contribution in [0, 0.1) is 0 Å². The number of rotatable bonds is 10. The summed E-state index contributed by atoms with van der Waals surface area (Å²) in [7, 11) is 6.42. The quantitative estimate of drug-likeness (QED) is 0.604. The fraction of sp³-hybridized carbons (Fsp3) is 0.421. The van der Waals surface area contributed by atoms with Crippen LogP contribution in [0.15, 0.2) is 17.5 Å². The summed E-state index contributed by atoms with van der Waals surface area (Å²) in [5.41, 5.74) is 0.512. The lowest BCUT2D eigenvalue weighted by Crippen LogP contribution is -2.33. The van der Waals surface area contributed by atoms with Gasteiger partial charge in [-0.2, -0.15) is 0 Å². The molecule has 0 unspecified atom stereocenters. The van der Waals surface area contributed by atoms with E-state index in [9.17, 15) is 9.59 Å². The number of amides is 2. The number of nitrogens with zero attached hydrogens (tertiary/aromatic N) is 2. The molecule has 0 bridgehead atoms. The van der Waals surface area contributed by atoms with Gasteiger partial charge < -0.3 is 24.4 Å². The molecule has 0 saturated heterocycles. The zero-order valence-corrected chi connectivity index (χ0v) is 18.0. The molecule has 29 heavy (non-hydrogen) atoms. The van der Waals surface area contributed by atoms with Gasteiger partial charge in [-0.05, 0) is 13.6 Å². The van der Waals surface area contributed by atoms with Gasteiger partial charge in [0, 0.05) is 30.6 Å². The summed E-state index contributed by atoms with van der Waals surface area (Å²) in [6.07, 6.45) is 0. The number of hydrogen-bond acceptors (Lipinski definition) is 8. The molecule has 9 nitrogen and oxygen atoms in total. The van der Waals surface area contributed by atoms with Gasteiger partial charge in [0.25, 0.3) is 11.8 Å². The van der Waals surface area contributed by atoms with Crippen molar-refractivity contribution in [3.05, 3.63) is 28.8 Å². The Morgan fingerprint density at radius 3 is 2.34 bits per heavy atom. The standard InChI is InChI=1S/C19H26N4O5S/c1-6-23(2)8-7-20-18(25)13-11-29-19(21-13)22-17(24)12-9-15(27-4)16(28-5)10-14(12)26-3/h9-11H,6-8H2,1-5H3,(H,20,25)(H,21,22,24). The molecule has 2 rings (SSSR count). The van der Waals surface area contributed by atoms with Gasteiger partial charge in [0.15, 0.2) is 16.6 Å². The van der Waals surface area contributed by atoms with E-state index in [0.29, 0.717) is 28.9 Å². The lowest BCUT2D eigenvalue weighted by atomic mass is 10.1. The zero-order chi connectivity index (χ0) is 21.4. The molecule has 10 heteroatoms. The van der Waals surface area contributed by atoms with E-state index < -0.39 is 5.91 Å². The average Bonchev–Trinajstić information content (AvgIpc) is 3.20. The van der Waals surface area contributed by atoms with Crippen molar-refractivity contribution in [1.82, 2.24) is 15.2 Å². The van der Waals surface area contributed by atoms with E-state index in [0.717, 1.165) is 13.1 Å². The highest BCUT2D eigenvalue weighted by molar-refractivity contribution is 7.14. The second-order valence-electron chi connectivity index (χ2n) is 6.05. The van der Waals surface area contributed by atoms with E-state index in [-0.39, 0.29) is 17.2 Å². The normalized spacial score (nSPS) is 10.6. The number of aromatic nitrogens is 1. The number of hydrogen-bond donors (Lipinski definition) is 2. The number of benzene rings is 1. The van der Waals surface area contributed by atoms with Crippen molar-refractivity contribution >= 4 is 28.3 Å². The van der Waals surface area contributed by atoms with Crippen molar-refractivity contribution < 1.29 is 23.8 Å². The number of carbonyl (C=O) groups is 2. The molecule has 2 aromatic rings. The topological polar surface area (TPSA) is 102 Å². The van der Waals surface area contributed by atoms with Gasteiger partial charge in [-0.3, -0.25) is 14.9 Å². The predicted molar refractivity (Wildman–Crippen MR) is 112 cm³/mol. The van der Waals surface area contributed by atoms with Gasteiger partial charge in [-0.1, -0.05) is 6.92 Å². The number of ether oxygens (including phenoxy) is 3. The van der Waals surface area contributed by atoms with Gasteiger partial charge >= 0.3 is 0 Å². The molecule has 0 saturated carbocycles. The summed E-state index contributed by atoms with van der Waals surface area (Å²) < 4.78 is 15.7. The Morgan fingerprint density at radius 1 is 1.07 bits per heavy atom. The Labute approximate surface area is 174 Å². The molecular formula is C19H26N4O5S. The van der Waals surface area contributed by atoms with Crippen molar-refractivity contribution in [2.75, 3.05) is 53.3 Å². The molecule has 0 fully saturated rings. The first kappa shape index (κ1) is 22.4. The van der Waals surface area contributed by atoms with Gasteiger partial charge in [-0.15, -0.1) is 11.3 Å². The molecule has 158 valence electrons. The number of nitrogens with one attached hydrogen (secondary N) is 2. The largest absolute Gasteiger partial charge is 0.496 e. The fourth-order valence-corrected chi connectivity index (χ4v) is 3.10. The summed E-state index contributed by atoms with van der Waals surface area (Å²) in [6, 6.07) is 3.10. The third kappa shape index (κ3) is 5.81. The van der Waals surface area contributed by atoms with Crippen LogP contribution in [0.25, 0.3) is 0 Å². The van der Waals surface area contributed by atoms with Crippen LogP contribution in [0.5, 0.6) is 17.2 Å². The minimum Gasteiger partial charge on any atom is -0.496 e. The first-order valence-electron chi connectivity index (χ1n) is 8.97.